The molecule has 33 heavy (non-hydrogen) atoms. The van der Waals surface area contributed by atoms with Crippen molar-refractivity contribution in [1.29, 1.82) is 0 Å². The summed E-state index contributed by atoms with van der Waals surface area (Å²) in [4.78, 5) is 27.6. The van der Waals surface area contributed by atoms with Crippen molar-refractivity contribution in [2.24, 2.45) is 0 Å². The molecular formula is C25H29N3O4S. The van der Waals surface area contributed by atoms with Gasteiger partial charge in [0.25, 0.3) is 5.91 Å². The summed E-state index contributed by atoms with van der Waals surface area (Å²) in [6, 6.07) is 13.5. The molecule has 0 saturated carbocycles. The first kappa shape index (κ1) is 22.3. The highest BCUT2D eigenvalue weighted by Crippen LogP contribution is 2.33. The predicted molar refractivity (Wildman–Crippen MR) is 130 cm³/mol. The van der Waals surface area contributed by atoms with Crippen molar-refractivity contribution in [2.45, 2.75) is 37.3 Å². The third-order valence-corrected chi connectivity index (χ3v) is 7.68. The molecule has 0 radical (unpaired) electrons. The molecule has 2 saturated heterocycles. The molecule has 7 nitrogen and oxygen atoms in total. The number of hydrogen-bond acceptors (Lipinski definition) is 6. The van der Waals surface area contributed by atoms with Crippen LogP contribution in [0.3, 0.4) is 0 Å². The average molecular weight is 468 g/mol. The third kappa shape index (κ3) is 4.74. The van der Waals surface area contributed by atoms with Crippen LogP contribution >= 0.6 is 11.8 Å². The zero-order valence-corrected chi connectivity index (χ0v) is 19.6. The highest BCUT2D eigenvalue weighted by atomic mass is 32.2. The van der Waals surface area contributed by atoms with Crippen LogP contribution in [0.5, 0.6) is 0 Å². The molecule has 1 atom stereocenters. The van der Waals surface area contributed by atoms with Gasteiger partial charge in [0.05, 0.1) is 24.6 Å². The molecule has 0 aromatic heterocycles. The zero-order chi connectivity index (χ0) is 22.8. The number of fused-ring (bicyclic) bond motifs is 1. The number of carbonyl (C=O) groups excluding carboxylic acids is 2. The minimum atomic E-state index is -0.503. The summed E-state index contributed by atoms with van der Waals surface area (Å²) in [6.45, 7) is 4.55. The number of aryl methyl sites for hydroxylation is 1. The van der Waals surface area contributed by atoms with Crippen LogP contribution in [0, 0.1) is 6.92 Å². The number of rotatable bonds is 5. The Morgan fingerprint density at radius 1 is 1.12 bits per heavy atom. The minimum absolute atomic E-state index is 0.0317. The summed E-state index contributed by atoms with van der Waals surface area (Å²) in [7, 11) is 0. The summed E-state index contributed by atoms with van der Waals surface area (Å²) in [6.07, 6.45) is 1.37. The number of amides is 2. The van der Waals surface area contributed by atoms with Crippen LogP contribution in [-0.4, -0.2) is 60.6 Å². The molecular weight excluding hydrogens is 438 g/mol. The SMILES string of the molecule is Cc1ccccc1CSCC1Nc2ccc(C(=O)N3CCC4(CC3)OCCO4)cc2NC1=O. The smallest absolute Gasteiger partial charge is 0.253 e. The van der Waals surface area contributed by atoms with Gasteiger partial charge in [0.1, 0.15) is 6.04 Å². The fourth-order valence-corrected chi connectivity index (χ4v) is 5.71. The van der Waals surface area contributed by atoms with Crippen LogP contribution in [0.4, 0.5) is 11.4 Å². The topological polar surface area (TPSA) is 79.9 Å². The molecule has 3 aliphatic rings. The predicted octanol–water partition coefficient (Wildman–Crippen LogP) is 3.64. The Hall–Kier alpha value is -2.55. The zero-order valence-electron chi connectivity index (χ0n) is 18.8. The second kappa shape index (κ2) is 9.37. The number of hydrogen-bond donors (Lipinski definition) is 2. The Morgan fingerprint density at radius 2 is 1.88 bits per heavy atom. The Kier molecular flexibility index (Phi) is 6.32. The third-order valence-electron chi connectivity index (χ3n) is 6.60. The summed E-state index contributed by atoms with van der Waals surface area (Å²) < 4.78 is 11.5. The van der Waals surface area contributed by atoms with Gasteiger partial charge < -0.3 is 25.0 Å². The number of likely N-dealkylation sites (tertiary alicyclic amines) is 1. The van der Waals surface area contributed by atoms with Gasteiger partial charge in [0.2, 0.25) is 5.91 Å². The van der Waals surface area contributed by atoms with Crippen molar-refractivity contribution >= 4 is 35.0 Å². The summed E-state index contributed by atoms with van der Waals surface area (Å²) in [5.41, 5.74) is 4.63. The molecule has 3 heterocycles. The number of piperidine rings is 1. The van der Waals surface area contributed by atoms with Crippen LogP contribution in [0.1, 0.15) is 34.3 Å². The average Bonchev–Trinajstić information content (AvgIpc) is 3.28. The van der Waals surface area contributed by atoms with Crippen LogP contribution in [0.15, 0.2) is 42.5 Å². The normalized spacial score (nSPS) is 21.4. The van der Waals surface area contributed by atoms with E-state index in [0.29, 0.717) is 56.1 Å². The molecule has 0 aliphatic carbocycles. The molecule has 2 aromatic rings. The van der Waals surface area contributed by atoms with Gasteiger partial charge in [-0.25, -0.2) is 0 Å². The molecule has 5 rings (SSSR count). The maximum atomic E-state index is 13.0. The highest BCUT2D eigenvalue weighted by molar-refractivity contribution is 7.98. The fraction of sp³-hybridized carbons (Fsp3) is 0.440. The lowest BCUT2D eigenvalue weighted by Crippen LogP contribution is -2.47. The van der Waals surface area contributed by atoms with E-state index in [4.69, 9.17) is 9.47 Å². The van der Waals surface area contributed by atoms with Crippen molar-refractivity contribution in [1.82, 2.24) is 4.90 Å². The van der Waals surface area contributed by atoms with E-state index in [1.165, 1.54) is 11.1 Å². The Morgan fingerprint density at radius 3 is 2.64 bits per heavy atom. The number of anilines is 2. The number of carbonyl (C=O) groups is 2. The van der Waals surface area contributed by atoms with E-state index < -0.39 is 5.79 Å². The van der Waals surface area contributed by atoms with E-state index in [9.17, 15) is 9.59 Å². The molecule has 3 aliphatic heterocycles. The van der Waals surface area contributed by atoms with Gasteiger partial charge in [-0.2, -0.15) is 11.8 Å². The van der Waals surface area contributed by atoms with Crippen LogP contribution in [0.2, 0.25) is 0 Å². The lowest BCUT2D eigenvalue weighted by Gasteiger charge is -2.37. The minimum Gasteiger partial charge on any atom is -0.371 e. The molecule has 2 aromatic carbocycles. The maximum absolute atomic E-state index is 13.0. The van der Waals surface area contributed by atoms with Crippen molar-refractivity contribution in [3.63, 3.8) is 0 Å². The Balaban J connectivity index is 1.18. The standard InChI is InChI=1S/C25H29N3O4S/c1-17-4-2-3-5-19(17)15-33-16-22-23(29)27-21-14-18(6-7-20(21)26-22)24(30)28-10-8-25(9-11-28)31-12-13-32-25/h2-7,14,22,26H,8-13,15-16H2,1H3,(H,27,29). The lowest BCUT2D eigenvalue weighted by molar-refractivity contribution is -0.181. The van der Waals surface area contributed by atoms with Gasteiger partial charge in [0, 0.05) is 43.0 Å². The Bertz CT molecular complexity index is 1040. The van der Waals surface area contributed by atoms with Gasteiger partial charge in [0.15, 0.2) is 5.79 Å². The quantitative estimate of drug-likeness (QED) is 0.699. The van der Waals surface area contributed by atoms with E-state index in [0.717, 1.165) is 11.4 Å². The largest absolute Gasteiger partial charge is 0.371 e. The molecule has 2 N–H and O–H groups in total. The first-order chi connectivity index (χ1) is 16.0. The van der Waals surface area contributed by atoms with Crippen LogP contribution in [0.25, 0.3) is 0 Å². The highest BCUT2D eigenvalue weighted by Gasteiger charge is 2.41. The molecule has 0 bridgehead atoms. The first-order valence-corrected chi connectivity index (χ1v) is 12.6. The molecule has 1 unspecified atom stereocenters. The molecule has 2 amide bonds. The van der Waals surface area contributed by atoms with E-state index in [1.807, 2.05) is 29.2 Å². The molecule has 2 fully saturated rings. The number of nitrogens with zero attached hydrogens (tertiary/aromatic N) is 1. The van der Waals surface area contributed by atoms with Crippen molar-refractivity contribution in [3.05, 3.63) is 59.2 Å². The van der Waals surface area contributed by atoms with Crippen LogP contribution in [-0.2, 0) is 20.0 Å². The number of ether oxygens (including phenoxy) is 2. The second-order valence-electron chi connectivity index (χ2n) is 8.79. The van der Waals surface area contributed by atoms with Crippen molar-refractivity contribution in [3.8, 4) is 0 Å². The van der Waals surface area contributed by atoms with Gasteiger partial charge in [-0.1, -0.05) is 24.3 Å². The summed E-state index contributed by atoms with van der Waals surface area (Å²) in [5, 5.41) is 6.32. The van der Waals surface area contributed by atoms with Crippen LogP contribution < -0.4 is 10.6 Å². The van der Waals surface area contributed by atoms with Gasteiger partial charge in [-0.3, -0.25) is 9.59 Å². The van der Waals surface area contributed by atoms with Gasteiger partial charge in [-0.15, -0.1) is 0 Å². The van der Waals surface area contributed by atoms with Gasteiger partial charge in [-0.05, 0) is 36.2 Å². The lowest BCUT2D eigenvalue weighted by atomic mass is 10.0. The summed E-state index contributed by atoms with van der Waals surface area (Å²) >= 11 is 1.74. The molecule has 8 heteroatoms. The fourth-order valence-electron chi connectivity index (χ4n) is 4.57. The molecule has 174 valence electrons. The first-order valence-electron chi connectivity index (χ1n) is 11.4. The van der Waals surface area contributed by atoms with Gasteiger partial charge >= 0.3 is 0 Å². The van der Waals surface area contributed by atoms with E-state index in [1.54, 1.807) is 17.8 Å². The second-order valence-corrected chi connectivity index (χ2v) is 9.82. The molecule has 1 spiro atoms. The number of benzene rings is 2. The Labute approximate surface area is 198 Å². The van der Waals surface area contributed by atoms with E-state index in [2.05, 4.69) is 29.7 Å². The van der Waals surface area contributed by atoms with Crippen molar-refractivity contribution in [2.75, 3.05) is 42.7 Å². The van der Waals surface area contributed by atoms with E-state index in [-0.39, 0.29) is 17.9 Å². The van der Waals surface area contributed by atoms with Crippen molar-refractivity contribution < 1.29 is 19.1 Å². The van der Waals surface area contributed by atoms with E-state index >= 15 is 0 Å². The maximum Gasteiger partial charge on any atom is 0.253 e. The number of nitrogens with one attached hydrogen (secondary N) is 2. The number of thioether (sulfide) groups is 1. The monoisotopic (exact) mass is 467 g/mol. The summed E-state index contributed by atoms with van der Waals surface area (Å²) in [5.74, 6) is 0.929.